The van der Waals surface area contributed by atoms with E-state index in [9.17, 15) is 15.3 Å². The van der Waals surface area contributed by atoms with Crippen LogP contribution in [0, 0.1) is 0 Å². The number of rotatable bonds is 5. The van der Waals surface area contributed by atoms with Crippen molar-refractivity contribution in [2.45, 2.75) is 6.42 Å². The first-order valence-corrected chi connectivity index (χ1v) is 8.20. The zero-order valence-corrected chi connectivity index (χ0v) is 14.4. The Morgan fingerprint density at radius 3 is 2.19 bits per heavy atom. The number of benzene rings is 3. The lowest BCUT2D eigenvalue weighted by Gasteiger charge is -2.13. The van der Waals surface area contributed by atoms with Gasteiger partial charge in [0, 0.05) is 23.6 Å². The number of ether oxygens (including phenoxy) is 1. The Kier molecular flexibility index (Phi) is 5.13. The molecule has 0 aliphatic heterocycles. The standard InChI is InChI=1S/C22H20O4/c1-26-22-14-19(24)13-17(9-8-16-4-2-3-5-21(16)25)20(22)12-15-6-10-18(23)11-7-15/h2-11,13-14,23-25H,12H2,1H3. The molecule has 3 rings (SSSR count). The summed E-state index contributed by atoms with van der Waals surface area (Å²) >= 11 is 0. The molecular weight excluding hydrogens is 328 g/mol. The summed E-state index contributed by atoms with van der Waals surface area (Å²) in [5.74, 6) is 1.09. The van der Waals surface area contributed by atoms with Gasteiger partial charge in [0.1, 0.15) is 23.0 Å². The second-order valence-electron chi connectivity index (χ2n) is 5.95. The van der Waals surface area contributed by atoms with Crippen LogP contribution in [0.4, 0.5) is 0 Å². The van der Waals surface area contributed by atoms with Crippen molar-refractivity contribution < 1.29 is 20.1 Å². The Morgan fingerprint density at radius 2 is 1.50 bits per heavy atom. The Balaban J connectivity index is 2.01. The van der Waals surface area contributed by atoms with Gasteiger partial charge in [0.15, 0.2) is 0 Å². The smallest absolute Gasteiger partial charge is 0.126 e. The monoisotopic (exact) mass is 348 g/mol. The highest BCUT2D eigenvalue weighted by Crippen LogP contribution is 2.32. The van der Waals surface area contributed by atoms with E-state index >= 15 is 0 Å². The van der Waals surface area contributed by atoms with Gasteiger partial charge in [-0.25, -0.2) is 0 Å². The molecular formula is C22H20O4. The van der Waals surface area contributed by atoms with E-state index in [1.807, 2.05) is 30.3 Å². The minimum absolute atomic E-state index is 0.105. The van der Waals surface area contributed by atoms with Crippen LogP contribution in [0.2, 0.25) is 0 Å². The predicted molar refractivity (Wildman–Crippen MR) is 103 cm³/mol. The van der Waals surface area contributed by atoms with Crippen LogP contribution in [-0.4, -0.2) is 22.4 Å². The maximum atomic E-state index is 10.0. The van der Waals surface area contributed by atoms with E-state index in [1.165, 1.54) is 0 Å². The summed E-state index contributed by atoms with van der Waals surface area (Å²) in [5, 5.41) is 29.4. The summed E-state index contributed by atoms with van der Waals surface area (Å²) in [4.78, 5) is 0. The average Bonchev–Trinajstić information content (AvgIpc) is 2.64. The molecule has 0 aromatic heterocycles. The van der Waals surface area contributed by atoms with Crippen molar-refractivity contribution in [1.29, 1.82) is 0 Å². The third-order valence-electron chi connectivity index (χ3n) is 4.14. The van der Waals surface area contributed by atoms with Crippen molar-refractivity contribution >= 4 is 12.2 Å². The highest BCUT2D eigenvalue weighted by molar-refractivity contribution is 5.75. The van der Waals surface area contributed by atoms with Gasteiger partial charge < -0.3 is 20.1 Å². The Morgan fingerprint density at radius 1 is 0.808 bits per heavy atom. The quantitative estimate of drug-likeness (QED) is 0.591. The predicted octanol–water partition coefficient (Wildman–Crippen LogP) is 4.57. The van der Waals surface area contributed by atoms with Gasteiger partial charge in [0.05, 0.1) is 7.11 Å². The van der Waals surface area contributed by atoms with E-state index in [1.54, 1.807) is 49.6 Å². The van der Waals surface area contributed by atoms with Gasteiger partial charge in [0.25, 0.3) is 0 Å². The fourth-order valence-electron chi connectivity index (χ4n) is 2.80. The third-order valence-corrected chi connectivity index (χ3v) is 4.14. The first kappa shape index (κ1) is 17.4. The number of hydrogen-bond acceptors (Lipinski definition) is 4. The van der Waals surface area contributed by atoms with Gasteiger partial charge in [-0.2, -0.15) is 0 Å². The summed E-state index contributed by atoms with van der Waals surface area (Å²) in [7, 11) is 1.56. The minimum Gasteiger partial charge on any atom is -0.508 e. The topological polar surface area (TPSA) is 69.9 Å². The molecule has 0 aliphatic rings. The van der Waals surface area contributed by atoms with E-state index < -0.39 is 0 Å². The third kappa shape index (κ3) is 3.98. The molecule has 0 heterocycles. The molecule has 0 fully saturated rings. The second-order valence-corrected chi connectivity index (χ2v) is 5.95. The number of hydrogen-bond donors (Lipinski definition) is 3. The zero-order chi connectivity index (χ0) is 18.5. The summed E-state index contributed by atoms with van der Waals surface area (Å²) in [6, 6.07) is 17.3. The molecule has 26 heavy (non-hydrogen) atoms. The fourth-order valence-corrected chi connectivity index (χ4v) is 2.80. The van der Waals surface area contributed by atoms with Crippen LogP contribution in [0.15, 0.2) is 60.7 Å². The van der Waals surface area contributed by atoms with Gasteiger partial charge in [-0.1, -0.05) is 42.5 Å². The van der Waals surface area contributed by atoms with Crippen LogP contribution < -0.4 is 4.74 Å². The summed E-state index contributed by atoms with van der Waals surface area (Å²) in [6.07, 6.45) is 4.21. The van der Waals surface area contributed by atoms with Crippen LogP contribution >= 0.6 is 0 Å². The van der Waals surface area contributed by atoms with Crippen molar-refractivity contribution in [3.63, 3.8) is 0 Å². The van der Waals surface area contributed by atoms with Crippen molar-refractivity contribution in [3.05, 3.63) is 82.9 Å². The molecule has 3 aromatic rings. The van der Waals surface area contributed by atoms with Gasteiger partial charge in [-0.05, 0) is 35.4 Å². The first-order chi connectivity index (χ1) is 12.6. The van der Waals surface area contributed by atoms with Gasteiger partial charge >= 0.3 is 0 Å². The summed E-state index contributed by atoms with van der Waals surface area (Å²) in [6.45, 7) is 0. The molecule has 4 nitrogen and oxygen atoms in total. The number of phenols is 3. The Labute approximate surface area is 152 Å². The van der Waals surface area contributed by atoms with Gasteiger partial charge in [-0.15, -0.1) is 0 Å². The maximum absolute atomic E-state index is 10.0. The second kappa shape index (κ2) is 7.66. The largest absolute Gasteiger partial charge is 0.508 e. The van der Waals surface area contributed by atoms with E-state index in [2.05, 4.69) is 0 Å². The fraction of sp³-hybridized carbons (Fsp3) is 0.0909. The van der Waals surface area contributed by atoms with E-state index in [0.29, 0.717) is 17.7 Å². The van der Waals surface area contributed by atoms with Crippen molar-refractivity contribution in [3.8, 4) is 23.0 Å². The molecule has 0 radical (unpaired) electrons. The van der Waals surface area contributed by atoms with Crippen LogP contribution in [0.25, 0.3) is 12.2 Å². The lowest BCUT2D eigenvalue weighted by atomic mass is 9.97. The molecule has 3 N–H and O–H groups in total. The van der Waals surface area contributed by atoms with Crippen molar-refractivity contribution in [2.24, 2.45) is 0 Å². The van der Waals surface area contributed by atoms with Crippen LogP contribution in [-0.2, 0) is 6.42 Å². The molecule has 132 valence electrons. The van der Waals surface area contributed by atoms with E-state index in [4.69, 9.17) is 4.74 Å². The Hall–Kier alpha value is -3.40. The molecule has 0 saturated heterocycles. The van der Waals surface area contributed by atoms with E-state index in [-0.39, 0.29) is 17.2 Å². The zero-order valence-electron chi connectivity index (χ0n) is 14.4. The summed E-state index contributed by atoms with van der Waals surface area (Å²) in [5.41, 5.74) is 3.38. The van der Waals surface area contributed by atoms with Crippen molar-refractivity contribution in [2.75, 3.05) is 7.11 Å². The van der Waals surface area contributed by atoms with Crippen LogP contribution in [0.5, 0.6) is 23.0 Å². The average molecular weight is 348 g/mol. The molecule has 0 aliphatic carbocycles. The van der Waals surface area contributed by atoms with Gasteiger partial charge in [0.2, 0.25) is 0 Å². The number of para-hydroxylation sites is 1. The highest BCUT2D eigenvalue weighted by Gasteiger charge is 2.11. The SMILES string of the molecule is COc1cc(O)cc(C=Cc2ccccc2O)c1Cc1ccc(O)cc1. The molecule has 4 heteroatoms. The van der Waals surface area contributed by atoms with Crippen LogP contribution in [0.3, 0.4) is 0 Å². The first-order valence-electron chi connectivity index (χ1n) is 8.20. The molecule has 0 unspecified atom stereocenters. The van der Waals surface area contributed by atoms with Crippen LogP contribution in [0.1, 0.15) is 22.3 Å². The molecule has 0 bridgehead atoms. The normalized spacial score (nSPS) is 11.0. The molecule has 0 saturated carbocycles. The number of methoxy groups -OCH3 is 1. The summed E-state index contributed by atoms with van der Waals surface area (Å²) < 4.78 is 5.45. The number of phenolic OH excluding ortho intramolecular Hbond substituents is 3. The number of aromatic hydroxyl groups is 3. The lowest BCUT2D eigenvalue weighted by molar-refractivity contribution is 0.403. The van der Waals surface area contributed by atoms with Gasteiger partial charge in [-0.3, -0.25) is 0 Å². The van der Waals surface area contributed by atoms with E-state index in [0.717, 1.165) is 16.7 Å². The molecule has 3 aromatic carbocycles. The molecule has 0 amide bonds. The lowest BCUT2D eigenvalue weighted by Crippen LogP contribution is -1.97. The molecule has 0 spiro atoms. The molecule has 0 atom stereocenters. The Bertz CT molecular complexity index is 927. The maximum Gasteiger partial charge on any atom is 0.126 e. The highest BCUT2D eigenvalue weighted by atomic mass is 16.5. The van der Waals surface area contributed by atoms with Crippen molar-refractivity contribution in [1.82, 2.24) is 0 Å². The minimum atomic E-state index is 0.105.